The monoisotopic (exact) mass is 307 g/mol. The van der Waals surface area contributed by atoms with E-state index in [2.05, 4.69) is 41.5 Å². The first-order chi connectivity index (χ1) is 10.6. The topological polar surface area (TPSA) is 63.5 Å². The van der Waals surface area contributed by atoms with E-state index in [9.17, 15) is 0 Å². The molecule has 1 aliphatic rings. The summed E-state index contributed by atoms with van der Waals surface area (Å²) < 4.78 is 7.56. The van der Waals surface area contributed by atoms with Gasteiger partial charge in [0.2, 0.25) is 0 Å². The SMILES string of the molecule is CCNC(=NCC1CCCO1)NCCc1c(C)nn(C)c1C. The normalized spacial score (nSPS) is 18.7. The first kappa shape index (κ1) is 16.8. The van der Waals surface area contributed by atoms with Gasteiger partial charge in [-0.25, -0.2) is 0 Å². The van der Waals surface area contributed by atoms with Crippen molar-refractivity contribution in [3.05, 3.63) is 17.0 Å². The molecule has 6 heteroatoms. The Labute approximate surface area is 133 Å². The molecule has 0 radical (unpaired) electrons. The Morgan fingerprint density at radius 2 is 2.23 bits per heavy atom. The van der Waals surface area contributed by atoms with E-state index in [1.165, 1.54) is 11.3 Å². The molecule has 22 heavy (non-hydrogen) atoms. The molecule has 0 saturated carbocycles. The zero-order valence-corrected chi connectivity index (χ0v) is 14.3. The Balaban J connectivity index is 1.84. The number of ether oxygens (including phenoxy) is 1. The molecule has 0 bridgehead atoms. The Kier molecular flexibility index (Phi) is 6.24. The molecule has 1 aliphatic heterocycles. The minimum atomic E-state index is 0.290. The maximum absolute atomic E-state index is 5.62. The van der Waals surface area contributed by atoms with Gasteiger partial charge in [-0.15, -0.1) is 0 Å². The van der Waals surface area contributed by atoms with Gasteiger partial charge in [0.05, 0.1) is 18.3 Å². The van der Waals surface area contributed by atoms with E-state index < -0.39 is 0 Å². The lowest BCUT2D eigenvalue weighted by molar-refractivity contribution is 0.117. The van der Waals surface area contributed by atoms with Crippen molar-refractivity contribution in [2.45, 2.75) is 46.1 Å². The van der Waals surface area contributed by atoms with Gasteiger partial charge in [-0.1, -0.05) is 0 Å². The lowest BCUT2D eigenvalue weighted by Crippen LogP contribution is -2.39. The molecule has 1 aromatic rings. The van der Waals surface area contributed by atoms with Gasteiger partial charge in [0, 0.05) is 32.4 Å². The van der Waals surface area contributed by atoms with Crippen molar-refractivity contribution in [2.75, 3.05) is 26.2 Å². The molecule has 2 rings (SSSR count). The van der Waals surface area contributed by atoms with E-state index in [1.807, 2.05) is 11.7 Å². The Bertz CT molecular complexity index is 503. The second kappa shape index (κ2) is 8.17. The molecule has 1 unspecified atom stereocenters. The maximum Gasteiger partial charge on any atom is 0.191 e. The van der Waals surface area contributed by atoms with Crippen LogP contribution in [-0.4, -0.2) is 48.1 Å². The van der Waals surface area contributed by atoms with Crippen LogP contribution >= 0.6 is 0 Å². The predicted octanol–water partition coefficient (Wildman–Crippen LogP) is 1.31. The number of aliphatic imine (C=N–C) groups is 1. The first-order valence-electron chi connectivity index (χ1n) is 8.24. The molecule has 2 heterocycles. The van der Waals surface area contributed by atoms with Crippen molar-refractivity contribution in [1.82, 2.24) is 20.4 Å². The molecular formula is C16H29N5O. The van der Waals surface area contributed by atoms with Crippen LogP contribution in [0.5, 0.6) is 0 Å². The molecular weight excluding hydrogens is 278 g/mol. The van der Waals surface area contributed by atoms with Crippen LogP contribution in [0.4, 0.5) is 0 Å². The van der Waals surface area contributed by atoms with E-state index in [0.717, 1.165) is 57.2 Å². The third-order valence-electron chi connectivity index (χ3n) is 4.15. The molecule has 0 amide bonds. The van der Waals surface area contributed by atoms with Crippen LogP contribution in [0.15, 0.2) is 4.99 Å². The number of aryl methyl sites for hydroxylation is 2. The zero-order valence-electron chi connectivity index (χ0n) is 14.3. The molecule has 1 saturated heterocycles. The first-order valence-corrected chi connectivity index (χ1v) is 8.24. The second-order valence-electron chi connectivity index (χ2n) is 5.80. The van der Waals surface area contributed by atoms with Crippen LogP contribution in [0.2, 0.25) is 0 Å². The largest absolute Gasteiger partial charge is 0.376 e. The number of rotatable bonds is 6. The zero-order chi connectivity index (χ0) is 15.9. The Hall–Kier alpha value is -1.56. The summed E-state index contributed by atoms with van der Waals surface area (Å²) in [7, 11) is 1.99. The van der Waals surface area contributed by atoms with Gasteiger partial charge >= 0.3 is 0 Å². The van der Waals surface area contributed by atoms with E-state index >= 15 is 0 Å². The molecule has 0 aliphatic carbocycles. The number of nitrogens with zero attached hydrogens (tertiary/aromatic N) is 3. The molecule has 0 aromatic carbocycles. The molecule has 124 valence electrons. The van der Waals surface area contributed by atoms with Crippen molar-refractivity contribution in [1.29, 1.82) is 0 Å². The summed E-state index contributed by atoms with van der Waals surface area (Å²) in [6.07, 6.45) is 3.52. The lowest BCUT2D eigenvalue weighted by atomic mass is 10.1. The minimum absolute atomic E-state index is 0.290. The Morgan fingerprint density at radius 1 is 1.41 bits per heavy atom. The summed E-state index contributed by atoms with van der Waals surface area (Å²) in [5.41, 5.74) is 3.67. The molecule has 1 atom stereocenters. The van der Waals surface area contributed by atoms with Crippen molar-refractivity contribution in [3.63, 3.8) is 0 Å². The summed E-state index contributed by atoms with van der Waals surface area (Å²) in [6.45, 7) is 9.60. The van der Waals surface area contributed by atoms with Gasteiger partial charge in [-0.2, -0.15) is 5.10 Å². The average molecular weight is 307 g/mol. The summed E-state index contributed by atoms with van der Waals surface area (Å²) in [5.74, 6) is 0.872. The van der Waals surface area contributed by atoms with Crippen LogP contribution in [0.3, 0.4) is 0 Å². The maximum atomic E-state index is 5.62. The van der Waals surface area contributed by atoms with E-state index in [4.69, 9.17) is 4.74 Å². The van der Waals surface area contributed by atoms with Gasteiger partial charge in [0.1, 0.15) is 0 Å². The highest BCUT2D eigenvalue weighted by Gasteiger charge is 2.15. The Morgan fingerprint density at radius 3 is 2.82 bits per heavy atom. The van der Waals surface area contributed by atoms with Gasteiger partial charge in [0.15, 0.2) is 5.96 Å². The van der Waals surface area contributed by atoms with Gasteiger partial charge < -0.3 is 15.4 Å². The van der Waals surface area contributed by atoms with Gasteiger partial charge in [-0.3, -0.25) is 9.67 Å². The van der Waals surface area contributed by atoms with Gasteiger partial charge in [-0.05, 0) is 45.6 Å². The highest BCUT2D eigenvalue weighted by Crippen LogP contribution is 2.12. The molecule has 1 fully saturated rings. The number of aromatic nitrogens is 2. The smallest absolute Gasteiger partial charge is 0.191 e. The fourth-order valence-corrected chi connectivity index (χ4v) is 2.81. The minimum Gasteiger partial charge on any atom is -0.376 e. The van der Waals surface area contributed by atoms with Gasteiger partial charge in [0.25, 0.3) is 0 Å². The molecule has 0 spiro atoms. The molecule has 6 nitrogen and oxygen atoms in total. The van der Waals surface area contributed by atoms with E-state index in [0.29, 0.717) is 6.10 Å². The predicted molar refractivity (Wildman–Crippen MR) is 89.3 cm³/mol. The third-order valence-corrected chi connectivity index (χ3v) is 4.15. The van der Waals surface area contributed by atoms with Crippen molar-refractivity contribution in [2.24, 2.45) is 12.0 Å². The van der Waals surface area contributed by atoms with Crippen LogP contribution in [0.1, 0.15) is 36.7 Å². The van der Waals surface area contributed by atoms with E-state index in [1.54, 1.807) is 0 Å². The van der Waals surface area contributed by atoms with Crippen LogP contribution in [0.25, 0.3) is 0 Å². The second-order valence-corrected chi connectivity index (χ2v) is 5.80. The fourth-order valence-electron chi connectivity index (χ4n) is 2.81. The lowest BCUT2D eigenvalue weighted by Gasteiger charge is -2.13. The van der Waals surface area contributed by atoms with Crippen molar-refractivity contribution in [3.8, 4) is 0 Å². The van der Waals surface area contributed by atoms with Crippen molar-refractivity contribution < 1.29 is 4.74 Å². The van der Waals surface area contributed by atoms with Crippen LogP contribution < -0.4 is 10.6 Å². The summed E-state index contributed by atoms with van der Waals surface area (Å²) in [4.78, 5) is 4.63. The molecule has 2 N–H and O–H groups in total. The number of hydrogen-bond donors (Lipinski definition) is 2. The number of nitrogens with one attached hydrogen (secondary N) is 2. The quantitative estimate of drug-likeness (QED) is 0.614. The fraction of sp³-hybridized carbons (Fsp3) is 0.750. The summed E-state index contributed by atoms with van der Waals surface area (Å²) in [5, 5.41) is 11.2. The van der Waals surface area contributed by atoms with Crippen LogP contribution in [-0.2, 0) is 18.2 Å². The molecule has 1 aromatic heterocycles. The highest BCUT2D eigenvalue weighted by molar-refractivity contribution is 5.79. The average Bonchev–Trinajstić information content (AvgIpc) is 3.08. The number of hydrogen-bond acceptors (Lipinski definition) is 3. The standard InChI is InChI=1S/C16H29N5O/c1-5-17-16(19-11-14-7-6-10-22-14)18-9-8-15-12(2)20-21(4)13(15)3/h14H,5-11H2,1-4H3,(H2,17,18,19). The van der Waals surface area contributed by atoms with Crippen LogP contribution in [0, 0.1) is 13.8 Å². The highest BCUT2D eigenvalue weighted by atomic mass is 16.5. The van der Waals surface area contributed by atoms with Crippen molar-refractivity contribution >= 4 is 5.96 Å². The van der Waals surface area contributed by atoms with E-state index in [-0.39, 0.29) is 0 Å². The summed E-state index contributed by atoms with van der Waals surface area (Å²) in [6, 6.07) is 0. The number of guanidine groups is 1. The third kappa shape index (κ3) is 4.47. The summed E-state index contributed by atoms with van der Waals surface area (Å²) >= 11 is 0.